The number of aliphatic hydroxyl groups excluding tert-OH is 2. The lowest BCUT2D eigenvalue weighted by molar-refractivity contribution is -0.147. The van der Waals surface area contributed by atoms with E-state index in [1.807, 2.05) is 0 Å². The van der Waals surface area contributed by atoms with Crippen LogP contribution in [0.25, 0.3) is 0 Å². The van der Waals surface area contributed by atoms with Crippen LogP contribution in [0.1, 0.15) is 30.6 Å². The zero-order valence-corrected chi connectivity index (χ0v) is 11.2. The molecule has 2 unspecified atom stereocenters. The van der Waals surface area contributed by atoms with Crippen LogP contribution in [0, 0.1) is 0 Å². The summed E-state index contributed by atoms with van der Waals surface area (Å²) in [6.07, 6.45) is -2.51. The number of hydrogen-bond donors (Lipinski definition) is 2. The van der Waals surface area contributed by atoms with E-state index in [1.165, 1.54) is 0 Å². The highest BCUT2D eigenvalue weighted by atomic mass is 16.5. The molecule has 1 rings (SSSR count). The summed E-state index contributed by atoms with van der Waals surface area (Å²) >= 11 is 0. The van der Waals surface area contributed by atoms with Gasteiger partial charge < -0.3 is 19.7 Å². The summed E-state index contributed by atoms with van der Waals surface area (Å²) in [7, 11) is 1.60. The number of rotatable bonds is 7. The first-order valence-corrected chi connectivity index (χ1v) is 6.18. The van der Waals surface area contributed by atoms with E-state index in [9.17, 15) is 15.0 Å². The fourth-order valence-corrected chi connectivity index (χ4v) is 1.70. The predicted octanol–water partition coefficient (Wildman–Crippen LogP) is 1.18. The van der Waals surface area contributed by atoms with Gasteiger partial charge in [0.15, 0.2) is 0 Å². The van der Waals surface area contributed by atoms with Crippen LogP contribution in [0.3, 0.4) is 0 Å². The maximum atomic E-state index is 11.2. The molecular weight excluding hydrogens is 248 g/mol. The fourth-order valence-electron chi connectivity index (χ4n) is 1.70. The van der Waals surface area contributed by atoms with E-state index in [1.54, 1.807) is 38.3 Å². The van der Waals surface area contributed by atoms with Crippen molar-refractivity contribution in [3.05, 3.63) is 35.4 Å². The monoisotopic (exact) mass is 268 g/mol. The van der Waals surface area contributed by atoms with E-state index >= 15 is 0 Å². The number of ether oxygens (including phenoxy) is 2. The summed E-state index contributed by atoms with van der Waals surface area (Å²) in [6, 6.07) is 7.01. The number of carbonyl (C=O) groups is 1. The van der Waals surface area contributed by atoms with Crippen LogP contribution in [0.15, 0.2) is 24.3 Å². The average molecular weight is 268 g/mol. The van der Waals surface area contributed by atoms with Gasteiger partial charge in [-0.2, -0.15) is 0 Å². The molecule has 0 radical (unpaired) electrons. The minimum Gasteiger partial charge on any atom is -0.466 e. The summed E-state index contributed by atoms with van der Waals surface area (Å²) in [4.78, 5) is 11.2. The topological polar surface area (TPSA) is 76.0 Å². The highest BCUT2D eigenvalue weighted by Gasteiger charge is 2.21. The van der Waals surface area contributed by atoms with Crippen LogP contribution in [-0.2, 0) is 20.9 Å². The quantitative estimate of drug-likeness (QED) is 0.726. The van der Waals surface area contributed by atoms with Gasteiger partial charge in [0.25, 0.3) is 0 Å². The Morgan fingerprint density at radius 3 is 2.42 bits per heavy atom. The van der Waals surface area contributed by atoms with Gasteiger partial charge in [-0.25, -0.2) is 0 Å². The molecule has 2 N–H and O–H groups in total. The van der Waals surface area contributed by atoms with Gasteiger partial charge in [0.1, 0.15) is 6.10 Å². The largest absolute Gasteiger partial charge is 0.466 e. The van der Waals surface area contributed by atoms with E-state index in [0.29, 0.717) is 12.2 Å². The summed E-state index contributed by atoms with van der Waals surface area (Å²) in [6.45, 7) is 2.43. The van der Waals surface area contributed by atoms with Crippen molar-refractivity contribution in [1.29, 1.82) is 0 Å². The van der Waals surface area contributed by atoms with E-state index in [-0.39, 0.29) is 13.0 Å². The van der Waals surface area contributed by atoms with Crippen LogP contribution in [0.4, 0.5) is 0 Å². The van der Waals surface area contributed by atoms with Crippen molar-refractivity contribution in [2.24, 2.45) is 0 Å². The SMILES string of the molecule is CCOC(=O)CC(O)C(O)c1ccc(COC)cc1. The van der Waals surface area contributed by atoms with Crippen molar-refractivity contribution in [1.82, 2.24) is 0 Å². The summed E-state index contributed by atoms with van der Waals surface area (Å²) in [5.74, 6) is -0.523. The van der Waals surface area contributed by atoms with Crippen LogP contribution < -0.4 is 0 Å². The highest BCUT2D eigenvalue weighted by molar-refractivity contribution is 5.70. The summed E-state index contributed by atoms with van der Waals surface area (Å²) in [5, 5.41) is 19.7. The molecule has 106 valence electrons. The molecule has 0 saturated heterocycles. The third-order valence-corrected chi connectivity index (χ3v) is 2.68. The molecule has 0 saturated carbocycles. The molecule has 19 heavy (non-hydrogen) atoms. The molecule has 0 bridgehead atoms. The Labute approximate surface area is 112 Å². The maximum Gasteiger partial charge on any atom is 0.308 e. The standard InChI is InChI=1S/C14H20O5/c1-3-19-13(16)8-12(15)14(17)11-6-4-10(5-7-11)9-18-2/h4-7,12,14-15,17H,3,8-9H2,1-2H3. The lowest BCUT2D eigenvalue weighted by Crippen LogP contribution is -2.23. The molecule has 0 fully saturated rings. The van der Waals surface area contributed by atoms with E-state index in [4.69, 9.17) is 9.47 Å². The van der Waals surface area contributed by atoms with Gasteiger partial charge in [0.2, 0.25) is 0 Å². The molecule has 1 aromatic rings. The van der Waals surface area contributed by atoms with E-state index in [0.717, 1.165) is 5.56 Å². The minimum atomic E-state index is -1.17. The zero-order chi connectivity index (χ0) is 14.3. The first-order chi connectivity index (χ1) is 9.08. The smallest absolute Gasteiger partial charge is 0.308 e. The molecule has 0 aliphatic carbocycles. The highest BCUT2D eigenvalue weighted by Crippen LogP contribution is 2.20. The Hall–Kier alpha value is -1.43. The number of hydrogen-bond acceptors (Lipinski definition) is 5. The van der Waals surface area contributed by atoms with Gasteiger partial charge in [0.05, 0.1) is 25.7 Å². The molecule has 0 amide bonds. The Morgan fingerprint density at radius 2 is 1.89 bits per heavy atom. The number of benzene rings is 1. The molecule has 0 aliphatic heterocycles. The lowest BCUT2D eigenvalue weighted by atomic mass is 10.0. The second-order valence-electron chi connectivity index (χ2n) is 4.20. The van der Waals surface area contributed by atoms with Gasteiger partial charge in [-0.05, 0) is 18.1 Å². The minimum absolute atomic E-state index is 0.227. The molecule has 5 nitrogen and oxygen atoms in total. The van der Waals surface area contributed by atoms with Crippen LogP contribution in [0.5, 0.6) is 0 Å². The molecule has 2 atom stereocenters. The third-order valence-electron chi connectivity index (χ3n) is 2.68. The average Bonchev–Trinajstić information content (AvgIpc) is 2.39. The number of esters is 1. The first kappa shape index (κ1) is 15.6. The second-order valence-corrected chi connectivity index (χ2v) is 4.20. The Kier molecular flexibility index (Phi) is 6.49. The van der Waals surface area contributed by atoms with Crippen molar-refractivity contribution in [3.8, 4) is 0 Å². The molecule has 0 heterocycles. The first-order valence-electron chi connectivity index (χ1n) is 6.18. The molecule has 1 aromatic carbocycles. The normalized spacial score (nSPS) is 13.9. The van der Waals surface area contributed by atoms with Gasteiger partial charge >= 0.3 is 5.97 Å². The van der Waals surface area contributed by atoms with Crippen LogP contribution in [0.2, 0.25) is 0 Å². The van der Waals surface area contributed by atoms with Crippen LogP contribution >= 0.6 is 0 Å². The summed E-state index contributed by atoms with van der Waals surface area (Å²) < 4.78 is 9.71. The summed E-state index contributed by atoms with van der Waals surface area (Å²) in [5.41, 5.74) is 1.52. The Morgan fingerprint density at radius 1 is 1.26 bits per heavy atom. The van der Waals surface area contributed by atoms with E-state index < -0.39 is 18.2 Å². The van der Waals surface area contributed by atoms with Crippen molar-refractivity contribution < 1.29 is 24.5 Å². The predicted molar refractivity (Wildman–Crippen MR) is 69.4 cm³/mol. The molecule has 0 aliphatic rings. The molecule has 5 heteroatoms. The van der Waals surface area contributed by atoms with Crippen molar-refractivity contribution in [3.63, 3.8) is 0 Å². The maximum absolute atomic E-state index is 11.2. The zero-order valence-electron chi connectivity index (χ0n) is 11.2. The molecule has 0 aromatic heterocycles. The number of carbonyl (C=O) groups excluding carboxylic acids is 1. The Bertz CT molecular complexity index is 387. The van der Waals surface area contributed by atoms with Gasteiger partial charge in [0, 0.05) is 7.11 Å². The van der Waals surface area contributed by atoms with Crippen LogP contribution in [-0.4, -0.2) is 36.0 Å². The molecular formula is C14H20O5. The second kappa shape index (κ2) is 7.89. The van der Waals surface area contributed by atoms with Crippen molar-refractivity contribution in [2.45, 2.75) is 32.2 Å². The number of methoxy groups -OCH3 is 1. The molecule has 0 spiro atoms. The van der Waals surface area contributed by atoms with Crippen molar-refractivity contribution >= 4 is 5.97 Å². The van der Waals surface area contributed by atoms with Gasteiger partial charge in [-0.1, -0.05) is 24.3 Å². The fraction of sp³-hybridized carbons (Fsp3) is 0.500. The van der Waals surface area contributed by atoms with Crippen molar-refractivity contribution in [2.75, 3.05) is 13.7 Å². The van der Waals surface area contributed by atoms with Gasteiger partial charge in [-0.3, -0.25) is 4.79 Å². The van der Waals surface area contributed by atoms with Gasteiger partial charge in [-0.15, -0.1) is 0 Å². The lowest BCUT2D eigenvalue weighted by Gasteiger charge is -2.17. The third kappa shape index (κ3) is 4.98. The number of aliphatic hydroxyl groups is 2. The van der Waals surface area contributed by atoms with E-state index in [2.05, 4.69) is 0 Å². The Balaban J connectivity index is 2.60.